The molecule has 1 amide bonds. The van der Waals surface area contributed by atoms with Crippen molar-refractivity contribution in [3.63, 3.8) is 0 Å². The van der Waals surface area contributed by atoms with Crippen LogP contribution in [0.15, 0.2) is 77.8 Å². The Kier molecular flexibility index (Phi) is 5.09. The lowest BCUT2D eigenvalue weighted by Gasteiger charge is -2.04. The maximum Gasteiger partial charge on any atom is 0.272 e. The Hall–Kier alpha value is -3.71. The summed E-state index contributed by atoms with van der Waals surface area (Å²) in [6.45, 7) is 3.20. The summed E-state index contributed by atoms with van der Waals surface area (Å²) in [5.41, 5.74) is 4.19. The minimum atomic E-state index is -0.193. The molecule has 0 bridgehead atoms. The number of fused-ring (bicyclic) bond motifs is 1. The van der Waals surface area contributed by atoms with Gasteiger partial charge in [0.15, 0.2) is 11.5 Å². The first kappa shape index (κ1) is 19.3. The molecule has 31 heavy (non-hydrogen) atoms. The number of hydrogen-bond acceptors (Lipinski definition) is 4. The molecule has 5 aromatic rings. The summed E-state index contributed by atoms with van der Waals surface area (Å²) >= 11 is 1.61. The topological polar surface area (TPSA) is 64.2 Å². The summed E-state index contributed by atoms with van der Waals surface area (Å²) in [5.74, 6) is 1.36. The Morgan fingerprint density at radius 2 is 1.87 bits per heavy atom. The minimum Gasteiger partial charge on any atom is -0.347 e. The van der Waals surface area contributed by atoms with E-state index in [1.165, 1.54) is 5.56 Å². The van der Waals surface area contributed by atoms with Crippen molar-refractivity contribution in [3.05, 3.63) is 100 Å². The SMILES string of the molecule is Cc1nc(-c2nc(C(=O)NCc3ccsc3)c3ccccn23)cn1Cc1ccccc1. The number of hydrogen-bond donors (Lipinski definition) is 1. The number of thiophene rings is 1. The predicted octanol–water partition coefficient (Wildman–Crippen LogP) is 4.55. The van der Waals surface area contributed by atoms with Gasteiger partial charge in [-0.3, -0.25) is 9.20 Å². The summed E-state index contributed by atoms with van der Waals surface area (Å²) < 4.78 is 4.03. The Bertz CT molecular complexity index is 1340. The molecule has 1 aromatic carbocycles. The van der Waals surface area contributed by atoms with E-state index in [0.29, 0.717) is 18.1 Å². The quantitative estimate of drug-likeness (QED) is 0.433. The van der Waals surface area contributed by atoms with Crippen LogP contribution in [0.1, 0.15) is 27.4 Å². The molecule has 6 nitrogen and oxygen atoms in total. The number of amides is 1. The molecule has 0 atom stereocenters. The van der Waals surface area contributed by atoms with E-state index in [-0.39, 0.29) is 5.91 Å². The van der Waals surface area contributed by atoms with Crippen LogP contribution in [0.4, 0.5) is 0 Å². The second kappa shape index (κ2) is 8.20. The zero-order valence-corrected chi connectivity index (χ0v) is 17.8. The van der Waals surface area contributed by atoms with Crippen LogP contribution in [-0.2, 0) is 13.1 Å². The van der Waals surface area contributed by atoms with E-state index in [1.807, 2.05) is 76.9 Å². The highest BCUT2D eigenvalue weighted by atomic mass is 32.1. The highest BCUT2D eigenvalue weighted by Crippen LogP contribution is 2.23. The first-order valence-corrected chi connectivity index (χ1v) is 11.0. The molecule has 0 saturated carbocycles. The van der Waals surface area contributed by atoms with Crippen molar-refractivity contribution in [2.24, 2.45) is 0 Å². The summed E-state index contributed by atoms with van der Waals surface area (Å²) in [6, 6.07) is 18.0. The maximum absolute atomic E-state index is 12.9. The molecule has 154 valence electrons. The molecule has 0 radical (unpaired) electrons. The molecule has 1 N–H and O–H groups in total. The van der Waals surface area contributed by atoms with Gasteiger partial charge in [-0.1, -0.05) is 36.4 Å². The van der Waals surface area contributed by atoms with Gasteiger partial charge < -0.3 is 9.88 Å². The Morgan fingerprint density at radius 1 is 1.03 bits per heavy atom. The van der Waals surface area contributed by atoms with Crippen LogP contribution >= 0.6 is 11.3 Å². The first-order chi connectivity index (χ1) is 15.2. The van der Waals surface area contributed by atoms with E-state index in [1.54, 1.807) is 11.3 Å². The zero-order chi connectivity index (χ0) is 21.2. The number of aryl methyl sites for hydroxylation is 1. The van der Waals surface area contributed by atoms with Crippen molar-refractivity contribution < 1.29 is 4.79 Å². The molecule has 4 aromatic heterocycles. The van der Waals surface area contributed by atoms with Crippen molar-refractivity contribution in [1.29, 1.82) is 0 Å². The van der Waals surface area contributed by atoms with E-state index in [4.69, 9.17) is 9.97 Å². The van der Waals surface area contributed by atoms with Gasteiger partial charge in [0.25, 0.3) is 5.91 Å². The number of aromatic nitrogens is 4. The van der Waals surface area contributed by atoms with Crippen molar-refractivity contribution in [3.8, 4) is 11.5 Å². The highest BCUT2D eigenvalue weighted by Gasteiger charge is 2.20. The molecule has 0 aliphatic rings. The third kappa shape index (κ3) is 3.87. The smallest absolute Gasteiger partial charge is 0.272 e. The predicted molar refractivity (Wildman–Crippen MR) is 122 cm³/mol. The van der Waals surface area contributed by atoms with Gasteiger partial charge in [0.2, 0.25) is 0 Å². The van der Waals surface area contributed by atoms with E-state index in [2.05, 4.69) is 22.0 Å². The van der Waals surface area contributed by atoms with E-state index in [0.717, 1.165) is 29.1 Å². The Labute approximate surface area is 183 Å². The molecule has 4 heterocycles. The molecular formula is C24H21N5OS. The van der Waals surface area contributed by atoms with Crippen LogP contribution in [0.25, 0.3) is 17.0 Å². The monoisotopic (exact) mass is 427 g/mol. The number of benzene rings is 1. The van der Waals surface area contributed by atoms with Crippen LogP contribution in [0.2, 0.25) is 0 Å². The fourth-order valence-corrected chi connectivity index (χ4v) is 4.27. The number of carbonyl (C=O) groups excluding carboxylic acids is 1. The van der Waals surface area contributed by atoms with E-state index >= 15 is 0 Å². The summed E-state index contributed by atoms with van der Waals surface area (Å²) in [5, 5.41) is 7.00. The Morgan fingerprint density at radius 3 is 2.68 bits per heavy atom. The lowest BCUT2D eigenvalue weighted by Crippen LogP contribution is -2.23. The molecule has 0 aliphatic carbocycles. The van der Waals surface area contributed by atoms with Crippen molar-refractivity contribution in [1.82, 2.24) is 24.3 Å². The molecule has 0 fully saturated rings. The lowest BCUT2D eigenvalue weighted by molar-refractivity contribution is 0.0948. The molecule has 7 heteroatoms. The van der Waals surface area contributed by atoms with Gasteiger partial charge >= 0.3 is 0 Å². The van der Waals surface area contributed by atoms with E-state index in [9.17, 15) is 4.79 Å². The van der Waals surface area contributed by atoms with Crippen LogP contribution < -0.4 is 5.32 Å². The van der Waals surface area contributed by atoms with Crippen LogP contribution in [0.5, 0.6) is 0 Å². The number of rotatable bonds is 6. The standard InChI is InChI=1S/C24H21N5OS/c1-17-26-20(15-28(17)14-18-7-3-2-4-8-18)23-27-22(21-9-5-6-11-29(21)23)24(30)25-13-19-10-12-31-16-19/h2-12,15-16H,13-14H2,1H3,(H,25,30). The average Bonchev–Trinajstić information content (AvgIpc) is 3.52. The van der Waals surface area contributed by atoms with Gasteiger partial charge in [-0.2, -0.15) is 11.3 Å². The molecule has 0 saturated heterocycles. The van der Waals surface area contributed by atoms with E-state index < -0.39 is 0 Å². The second-order valence-electron chi connectivity index (χ2n) is 7.34. The van der Waals surface area contributed by atoms with Crippen molar-refractivity contribution in [2.75, 3.05) is 0 Å². The number of carbonyl (C=O) groups is 1. The average molecular weight is 428 g/mol. The van der Waals surface area contributed by atoms with Gasteiger partial charge in [0.05, 0.1) is 5.52 Å². The van der Waals surface area contributed by atoms with Crippen molar-refractivity contribution in [2.45, 2.75) is 20.0 Å². The maximum atomic E-state index is 12.9. The summed E-state index contributed by atoms with van der Waals surface area (Å²) in [6.07, 6.45) is 3.91. The first-order valence-electron chi connectivity index (χ1n) is 10.0. The summed E-state index contributed by atoms with van der Waals surface area (Å²) in [7, 11) is 0. The van der Waals surface area contributed by atoms with Gasteiger partial charge in [-0.25, -0.2) is 9.97 Å². The van der Waals surface area contributed by atoms with Crippen molar-refractivity contribution >= 4 is 22.8 Å². The minimum absolute atomic E-state index is 0.193. The molecule has 0 spiro atoms. The fourth-order valence-electron chi connectivity index (χ4n) is 3.60. The lowest BCUT2D eigenvalue weighted by atomic mass is 10.2. The largest absolute Gasteiger partial charge is 0.347 e. The second-order valence-corrected chi connectivity index (χ2v) is 8.12. The number of imidazole rings is 2. The fraction of sp³-hybridized carbons (Fsp3) is 0.125. The summed E-state index contributed by atoms with van der Waals surface area (Å²) in [4.78, 5) is 22.3. The molecular weight excluding hydrogens is 406 g/mol. The van der Waals surface area contributed by atoms with Crippen LogP contribution in [0.3, 0.4) is 0 Å². The molecule has 5 rings (SSSR count). The number of nitrogens with zero attached hydrogens (tertiary/aromatic N) is 4. The highest BCUT2D eigenvalue weighted by molar-refractivity contribution is 7.07. The van der Waals surface area contributed by atoms with Gasteiger partial charge in [-0.15, -0.1) is 0 Å². The normalized spacial score (nSPS) is 11.1. The van der Waals surface area contributed by atoms with Gasteiger partial charge in [0, 0.05) is 25.5 Å². The van der Waals surface area contributed by atoms with Gasteiger partial charge in [-0.05, 0) is 47.0 Å². The van der Waals surface area contributed by atoms with Gasteiger partial charge in [0.1, 0.15) is 11.5 Å². The zero-order valence-electron chi connectivity index (χ0n) is 17.0. The third-order valence-electron chi connectivity index (χ3n) is 5.20. The van der Waals surface area contributed by atoms with Crippen LogP contribution in [-0.4, -0.2) is 24.8 Å². The Balaban J connectivity index is 1.48. The molecule has 0 unspecified atom stereocenters. The third-order valence-corrected chi connectivity index (χ3v) is 5.93. The molecule has 0 aliphatic heterocycles. The number of nitrogens with one attached hydrogen (secondary N) is 1. The van der Waals surface area contributed by atoms with Crippen LogP contribution in [0, 0.1) is 6.92 Å². The number of pyridine rings is 1.